The van der Waals surface area contributed by atoms with Crippen molar-refractivity contribution in [1.29, 1.82) is 0 Å². The predicted molar refractivity (Wildman–Crippen MR) is 74.7 cm³/mol. The molecule has 0 amide bonds. The molecule has 0 heterocycles. The first-order valence-corrected chi connectivity index (χ1v) is 7.65. The Morgan fingerprint density at radius 1 is 1.37 bits per heavy atom. The number of nitrogens with one attached hydrogen (secondary N) is 2. The number of guanidine groups is 1. The highest BCUT2D eigenvalue weighted by atomic mass is 32.2. The van der Waals surface area contributed by atoms with Crippen LogP contribution < -0.4 is 10.6 Å². The third-order valence-corrected chi connectivity index (χ3v) is 4.29. The number of alkyl halides is 3. The minimum absolute atomic E-state index is 0.136. The molecule has 0 radical (unpaired) electrons. The van der Waals surface area contributed by atoms with Gasteiger partial charge in [-0.15, -0.1) is 0 Å². The number of nitrogens with zero attached hydrogens (tertiary/aromatic N) is 1. The smallest absolute Gasteiger partial charge is 0.356 e. The summed E-state index contributed by atoms with van der Waals surface area (Å²) in [6, 6.07) is 0.320. The van der Waals surface area contributed by atoms with Crippen LogP contribution in [0.25, 0.3) is 0 Å². The first kappa shape index (κ1) is 16.5. The van der Waals surface area contributed by atoms with Gasteiger partial charge in [-0.25, -0.2) is 0 Å². The SMILES string of the molecule is CCSC1CCC(NC(=NC)NCCC(F)(F)F)C1. The van der Waals surface area contributed by atoms with Crippen molar-refractivity contribution < 1.29 is 13.2 Å². The van der Waals surface area contributed by atoms with Crippen molar-refractivity contribution in [1.82, 2.24) is 10.6 Å². The molecule has 0 aromatic carbocycles. The lowest BCUT2D eigenvalue weighted by Gasteiger charge is -2.17. The van der Waals surface area contributed by atoms with Crippen LogP contribution in [0.1, 0.15) is 32.6 Å². The van der Waals surface area contributed by atoms with E-state index in [1.54, 1.807) is 7.05 Å². The van der Waals surface area contributed by atoms with E-state index in [2.05, 4.69) is 22.5 Å². The third kappa shape index (κ3) is 6.94. The van der Waals surface area contributed by atoms with E-state index in [0.29, 0.717) is 17.3 Å². The van der Waals surface area contributed by atoms with Crippen molar-refractivity contribution in [2.24, 2.45) is 4.99 Å². The highest BCUT2D eigenvalue weighted by Crippen LogP contribution is 2.29. The van der Waals surface area contributed by atoms with Crippen LogP contribution in [-0.4, -0.2) is 42.8 Å². The van der Waals surface area contributed by atoms with Crippen LogP contribution in [0.15, 0.2) is 4.99 Å². The van der Waals surface area contributed by atoms with E-state index in [0.717, 1.165) is 25.0 Å². The van der Waals surface area contributed by atoms with Crippen molar-refractivity contribution in [2.75, 3.05) is 19.3 Å². The highest BCUT2D eigenvalue weighted by molar-refractivity contribution is 7.99. The van der Waals surface area contributed by atoms with Crippen LogP contribution >= 0.6 is 11.8 Å². The summed E-state index contributed by atoms with van der Waals surface area (Å²) in [5.74, 6) is 1.58. The lowest BCUT2D eigenvalue weighted by molar-refractivity contribution is -0.132. The fourth-order valence-electron chi connectivity index (χ4n) is 2.17. The van der Waals surface area contributed by atoms with Crippen molar-refractivity contribution in [2.45, 2.75) is 50.1 Å². The Bertz CT molecular complexity index is 294. The average Bonchev–Trinajstić information content (AvgIpc) is 2.74. The number of hydrogen-bond donors (Lipinski definition) is 2. The second kappa shape index (κ2) is 7.87. The molecule has 0 aliphatic heterocycles. The van der Waals surface area contributed by atoms with Gasteiger partial charge in [-0.05, 0) is 25.0 Å². The van der Waals surface area contributed by atoms with Crippen molar-refractivity contribution in [3.05, 3.63) is 0 Å². The highest BCUT2D eigenvalue weighted by Gasteiger charge is 2.27. The van der Waals surface area contributed by atoms with E-state index in [9.17, 15) is 13.2 Å². The maximum atomic E-state index is 12.0. The molecule has 1 rings (SSSR count). The molecule has 1 fully saturated rings. The van der Waals surface area contributed by atoms with Crippen LogP contribution in [0, 0.1) is 0 Å². The van der Waals surface area contributed by atoms with E-state index in [1.165, 1.54) is 0 Å². The number of halogens is 3. The lowest BCUT2D eigenvalue weighted by Crippen LogP contribution is -2.43. The molecule has 0 aromatic heterocycles. The number of thioether (sulfide) groups is 1. The Balaban J connectivity index is 2.26. The summed E-state index contributed by atoms with van der Waals surface area (Å²) < 4.78 is 36.1. The molecule has 112 valence electrons. The van der Waals surface area contributed by atoms with Crippen LogP contribution in [0.4, 0.5) is 13.2 Å². The van der Waals surface area contributed by atoms with Crippen LogP contribution in [-0.2, 0) is 0 Å². The predicted octanol–water partition coefficient (Wildman–Crippen LogP) is 2.78. The van der Waals surface area contributed by atoms with Gasteiger partial charge in [0.25, 0.3) is 0 Å². The van der Waals surface area contributed by atoms with Gasteiger partial charge in [-0.1, -0.05) is 6.92 Å². The molecule has 0 saturated heterocycles. The third-order valence-electron chi connectivity index (χ3n) is 3.05. The lowest BCUT2D eigenvalue weighted by atomic mass is 10.2. The zero-order valence-electron chi connectivity index (χ0n) is 11.4. The summed E-state index contributed by atoms with van der Waals surface area (Å²) in [4.78, 5) is 3.96. The normalized spacial score (nSPS) is 24.6. The van der Waals surface area contributed by atoms with Gasteiger partial charge < -0.3 is 10.6 Å². The Morgan fingerprint density at radius 2 is 2.11 bits per heavy atom. The Labute approximate surface area is 116 Å². The van der Waals surface area contributed by atoms with Gasteiger partial charge in [0, 0.05) is 24.9 Å². The van der Waals surface area contributed by atoms with Gasteiger partial charge in [0.2, 0.25) is 0 Å². The summed E-state index contributed by atoms with van der Waals surface area (Å²) in [5, 5.41) is 6.57. The Hall–Kier alpha value is -0.590. The molecule has 3 nitrogen and oxygen atoms in total. The Morgan fingerprint density at radius 3 is 2.68 bits per heavy atom. The molecule has 1 saturated carbocycles. The van der Waals surface area contributed by atoms with E-state index in [1.807, 2.05) is 11.8 Å². The topological polar surface area (TPSA) is 36.4 Å². The summed E-state index contributed by atoms with van der Waals surface area (Å²) in [7, 11) is 1.58. The standard InChI is InChI=1S/C12H22F3N3S/c1-3-19-10-5-4-9(8-10)18-11(16-2)17-7-6-12(13,14)15/h9-10H,3-8H2,1-2H3,(H2,16,17,18). The molecular formula is C12H22F3N3S. The zero-order chi connectivity index (χ0) is 14.3. The van der Waals surface area contributed by atoms with Crippen molar-refractivity contribution in [3.63, 3.8) is 0 Å². The van der Waals surface area contributed by atoms with E-state index >= 15 is 0 Å². The van der Waals surface area contributed by atoms with Gasteiger partial charge in [-0.3, -0.25) is 4.99 Å². The van der Waals surface area contributed by atoms with E-state index in [-0.39, 0.29) is 6.54 Å². The molecule has 1 aliphatic rings. The maximum Gasteiger partial charge on any atom is 0.390 e. The average molecular weight is 297 g/mol. The maximum absolute atomic E-state index is 12.0. The molecular weight excluding hydrogens is 275 g/mol. The van der Waals surface area contributed by atoms with E-state index in [4.69, 9.17) is 0 Å². The molecule has 0 bridgehead atoms. The summed E-state index contributed by atoms with van der Waals surface area (Å²) in [5.41, 5.74) is 0. The van der Waals surface area contributed by atoms with Gasteiger partial charge >= 0.3 is 6.18 Å². The van der Waals surface area contributed by atoms with Crippen molar-refractivity contribution >= 4 is 17.7 Å². The minimum atomic E-state index is -4.12. The molecule has 7 heteroatoms. The first-order valence-electron chi connectivity index (χ1n) is 6.60. The van der Waals surface area contributed by atoms with Gasteiger partial charge in [0.05, 0.1) is 6.42 Å². The summed E-state index contributed by atoms with van der Waals surface area (Å²) in [6.07, 6.45) is -1.69. The molecule has 2 atom stereocenters. The first-order chi connectivity index (χ1) is 8.94. The monoisotopic (exact) mass is 297 g/mol. The van der Waals surface area contributed by atoms with Gasteiger partial charge in [-0.2, -0.15) is 24.9 Å². The zero-order valence-corrected chi connectivity index (χ0v) is 12.2. The van der Waals surface area contributed by atoms with Crippen molar-refractivity contribution in [3.8, 4) is 0 Å². The number of aliphatic imine (C=N–C) groups is 1. The number of rotatable bonds is 5. The second-order valence-corrected chi connectivity index (χ2v) is 6.17. The minimum Gasteiger partial charge on any atom is -0.356 e. The van der Waals surface area contributed by atoms with Crippen LogP contribution in [0.2, 0.25) is 0 Å². The summed E-state index contributed by atoms with van der Waals surface area (Å²) >= 11 is 1.95. The Kier molecular flexibility index (Phi) is 6.82. The van der Waals surface area contributed by atoms with Crippen LogP contribution in [0.5, 0.6) is 0 Å². The van der Waals surface area contributed by atoms with Gasteiger partial charge in [0.1, 0.15) is 0 Å². The second-order valence-electron chi connectivity index (χ2n) is 4.60. The fraction of sp³-hybridized carbons (Fsp3) is 0.917. The molecule has 2 unspecified atom stereocenters. The number of hydrogen-bond acceptors (Lipinski definition) is 2. The molecule has 2 N–H and O–H groups in total. The fourth-order valence-corrected chi connectivity index (χ4v) is 3.31. The molecule has 0 spiro atoms. The van der Waals surface area contributed by atoms with Gasteiger partial charge in [0.15, 0.2) is 5.96 Å². The van der Waals surface area contributed by atoms with Crippen LogP contribution in [0.3, 0.4) is 0 Å². The van der Waals surface area contributed by atoms with E-state index < -0.39 is 12.6 Å². The summed E-state index contributed by atoms with van der Waals surface area (Å²) in [6.45, 7) is 2.01. The molecule has 0 aromatic rings. The quantitative estimate of drug-likeness (QED) is 0.605. The largest absolute Gasteiger partial charge is 0.390 e. The molecule has 19 heavy (non-hydrogen) atoms. The molecule has 1 aliphatic carbocycles.